The summed E-state index contributed by atoms with van der Waals surface area (Å²) in [5.41, 5.74) is 8.61. The fraction of sp³-hybridized carbons (Fsp3) is 0.420. The van der Waals surface area contributed by atoms with Crippen molar-refractivity contribution < 1.29 is 70.2 Å². The number of pyridine rings is 1. The number of nitrogen functional groups attached to an aromatic ring is 2. The third-order valence-electron chi connectivity index (χ3n) is 12.9. The largest absolute Gasteiger partial charge is 0.503 e. The van der Waals surface area contributed by atoms with Crippen LogP contribution in [0.1, 0.15) is 79.6 Å². The predicted octanol–water partition coefficient (Wildman–Crippen LogP) is 4.15. The van der Waals surface area contributed by atoms with Gasteiger partial charge in [-0.3, -0.25) is 28.3 Å². The molecule has 1 saturated carbocycles. The van der Waals surface area contributed by atoms with E-state index in [9.17, 15) is 51.2 Å². The van der Waals surface area contributed by atoms with Gasteiger partial charge in [0.05, 0.1) is 50.5 Å². The van der Waals surface area contributed by atoms with Crippen LogP contribution in [0.3, 0.4) is 0 Å². The maximum Gasteiger partial charge on any atom is 0.351 e. The number of thioether (sulfide) groups is 1. The summed E-state index contributed by atoms with van der Waals surface area (Å²) in [6.45, 7) is 6.56. The number of aromatic hydroxyl groups is 1. The molecule has 4 aliphatic rings. The zero-order valence-electron chi connectivity index (χ0n) is 43.8. The average molecular weight is 1170 g/mol. The van der Waals surface area contributed by atoms with Gasteiger partial charge in [0.2, 0.25) is 5.43 Å². The van der Waals surface area contributed by atoms with Crippen molar-refractivity contribution >= 4 is 59.9 Å². The first-order chi connectivity index (χ1) is 38.5. The molecule has 31 heteroatoms. The van der Waals surface area contributed by atoms with Crippen molar-refractivity contribution in [2.45, 2.75) is 115 Å². The Bertz CT molecular complexity index is 3450. The summed E-state index contributed by atoms with van der Waals surface area (Å²) in [6, 6.07) is 8.74. The number of nitrogens with zero attached hydrogens (tertiary/aromatic N) is 8. The van der Waals surface area contributed by atoms with Crippen molar-refractivity contribution in [1.29, 1.82) is 0 Å². The number of benzene rings is 2. The minimum Gasteiger partial charge on any atom is -0.503 e. The number of amides is 2. The second-order valence-corrected chi connectivity index (χ2v) is 22.4. The first-order valence-electron chi connectivity index (χ1n) is 25.2. The molecule has 6 aromatic rings. The van der Waals surface area contributed by atoms with E-state index in [2.05, 4.69) is 30.3 Å². The number of carbonyl (C=O) groups excluding carboxylic acids is 3. The van der Waals surface area contributed by atoms with E-state index in [1.807, 2.05) is 13.0 Å². The Balaban J connectivity index is 0.000000169. The first-order valence-corrected chi connectivity index (χ1v) is 28.0. The number of ether oxygens (including phenoxy) is 4. The Labute approximate surface area is 462 Å². The summed E-state index contributed by atoms with van der Waals surface area (Å²) in [5, 5.41) is 24.3. The van der Waals surface area contributed by atoms with Crippen LogP contribution in [0, 0.1) is 23.3 Å². The highest BCUT2D eigenvalue weighted by Crippen LogP contribution is 2.44. The van der Waals surface area contributed by atoms with Gasteiger partial charge in [0, 0.05) is 42.2 Å². The molecule has 8 unspecified atom stereocenters. The molecule has 8 N–H and O–H groups in total. The number of esters is 1. The number of aliphatic hydroxyl groups is 1. The molecule has 2 bridgehead atoms. The summed E-state index contributed by atoms with van der Waals surface area (Å²) in [4.78, 5) is 79.1. The Morgan fingerprint density at radius 2 is 1.68 bits per heavy atom. The second kappa shape index (κ2) is 25.5. The van der Waals surface area contributed by atoms with Crippen molar-refractivity contribution in [2.75, 3.05) is 30.2 Å². The molecular formula is C50H57F4N12O13PS. The number of rotatable bonds is 16. The minimum atomic E-state index is -3.64. The number of nitrogens with two attached hydrogens (primary N) is 2. The van der Waals surface area contributed by atoms with Crippen molar-refractivity contribution in [2.24, 2.45) is 0 Å². The molecule has 1 aliphatic carbocycles. The van der Waals surface area contributed by atoms with Crippen LogP contribution in [0.15, 0.2) is 77.1 Å². The number of imidazole rings is 1. The number of halogens is 4. The molecule has 434 valence electrons. The Morgan fingerprint density at radius 1 is 0.951 bits per heavy atom. The third kappa shape index (κ3) is 14.0. The predicted molar refractivity (Wildman–Crippen MR) is 282 cm³/mol. The minimum absolute atomic E-state index is 0.0296. The van der Waals surface area contributed by atoms with Gasteiger partial charge in [-0.25, -0.2) is 42.4 Å². The van der Waals surface area contributed by atoms with Crippen molar-refractivity contribution in [3.8, 4) is 11.5 Å². The normalized spacial score (nSPS) is 20.4. The van der Waals surface area contributed by atoms with Crippen LogP contribution in [0.5, 0.6) is 11.5 Å². The van der Waals surface area contributed by atoms with Gasteiger partial charge in [-0.05, 0) is 59.1 Å². The molecule has 3 aliphatic heterocycles. The highest BCUT2D eigenvalue weighted by molar-refractivity contribution is 8.00. The molecule has 0 radical (unpaired) electrons. The van der Waals surface area contributed by atoms with E-state index in [4.69, 9.17) is 40.0 Å². The van der Waals surface area contributed by atoms with E-state index in [0.29, 0.717) is 53.6 Å². The Morgan fingerprint density at radius 3 is 2.37 bits per heavy atom. The maximum absolute atomic E-state index is 13.8. The monoisotopic (exact) mass is 1170 g/mol. The molecule has 2 aromatic carbocycles. The van der Waals surface area contributed by atoms with Gasteiger partial charge in [-0.15, -0.1) is 11.8 Å². The van der Waals surface area contributed by atoms with Gasteiger partial charge in [0.25, 0.3) is 11.8 Å². The van der Waals surface area contributed by atoms with E-state index in [-0.39, 0.29) is 49.5 Å². The van der Waals surface area contributed by atoms with Crippen LogP contribution >= 0.6 is 19.3 Å². The topological polar surface area (TPSA) is 335 Å². The zero-order valence-corrected chi connectivity index (χ0v) is 45.5. The van der Waals surface area contributed by atoms with Crippen molar-refractivity contribution in [1.82, 2.24) is 48.9 Å². The molecule has 2 saturated heterocycles. The number of fused-ring (bicyclic) bond motifs is 6. The fourth-order valence-corrected chi connectivity index (χ4v) is 11.8. The van der Waals surface area contributed by atoms with E-state index < -0.39 is 113 Å². The lowest BCUT2D eigenvalue weighted by Gasteiger charge is -2.44. The highest BCUT2D eigenvalue weighted by atomic mass is 32.2. The van der Waals surface area contributed by atoms with Crippen LogP contribution < -0.4 is 37.5 Å². The van der Waals surface area contributed by atoms with Crippen LogP contribution in [-0.4, -0.2) is 127 Å². The van der Waals surface area contributed by atoms with E-state index in [1.54, 1.807) is 55.9 Å². The number of para-hydroxylation sites is 1. The summed E-state index contributed by atoms with van der Waals surface area (Å²) in [6.07, 6.45) is 5.23. The number of nitrogens with one attached hydrogen (secondary N) is 2. The summed E-state index contributed by atoms with van der Waals surface area (Å²) < 4.78 is 99.6. The molecule has 10 rings (SSSR count). The number of anilines is 2. The number of aromatic nitrogens is 7. The van der Waals surface area contributed by atoms with Crippen molar-refractivity contribution in [3.05, 3.63) is 128 Å². The molecule has 0 spiro atoms. The Hall–Kier alpha value is -7.47. The highest BCUT2D eigenvalue weighted by Gasteiger charge is 2.48. The van der Waals surface area contributed by atoms with Crippen LogP contribution in [0.25, 0.3) is 11.2 Å². The van der Waals surface area contributed by atoms with Gasteiger partial charge in [0.1, 0.15) is 64.7 Å². The molecule has 7 heterocycles. The molecule has 3 fully saturated rings. The lowest BCUT2D eigenvalue weighted by molar-refractivity contribution is -0.149. The van der Waals surface area contributed by atoms with Gasteiger partial charge in [0.15, 0.2) is 40.8 Å². The number of hydrogen-bond donors (Lipinski definition) is 6. The van der Waals surface area contributed by atoms with Crippen LogP contribution in [0.4, 0.5) is 29.2 Å². The zero-order chi connectivity index (χ0) is 58.4. The maximum atomic E-state index is 13.8. The van der Waals surface area contributed by atoms with E-state index >= 15 is 0 Å². The van der Waals surface area contributed by atoms with E-state index in [1.165, 1.54) is 27.6 Å². The van der Waals surface area contributed by atoms with E-state index in [0.717, 1.165) is 29.8 Å². The Kier molecular flexibility index (Phi) is 18.8. The number of aliphatic hydroxyl groups excluding tert-OH is 1. The third-order valence-corrected chi connectivity index (χ3v) is 15.7. The standard InChI is InChI=1S/C21H18F3N3O5.C21H29N6O5P.C8H10FN3O3S/c22-9-3-14(23)12(15(24)4-9)6-25-20(30)13-7-26-8-16-27(10-1-2-11(5-10)32-16)21(31)17(26)19(29)18(13)28;1-14(2)31-21(28)16(4)26-33(29,32-17-8-6-5-7-9-17)13-30-15(3)10-27-12-25-18-19(22)23-11-24-20(18)27;9-4-1-12(8(14)11-7(4)10)5-3-16-6(2-13)15-5/h3-4,7,10-11,16,29H,1-2,5-6,8H2,(H,25,30);5-9,11-12,14-16H,10,13H2,1-4H3,(H,26,29)(H2,22,23,24);1,5-6,13H,2-3H2,(H2,10,11,14). The SMILES string of the molecule is CC(C)OC(=O)C(C)NP(=O)(COC(C)Cn1cnc2c(N)ncnc21)Oc1ccccc1.Nc1nc(=O)n(C2CSC(CO)O2)cc1F.O=C(NCc1c(F)cc(F)cc1F)c1cn2c(c(O)c1=O)C(=O)N1C3CCC(C3)OC1C2. The molecule has 4 aromatic heterocycles. The molecule has 81 heavy (non-hydrogen) atoms. The van der Waals surface area contributed by atoms with Gasteiger partial charge in [-0.2, -0.15) is 4.98 Å². The number of hydrogen-bond acceptors (Lipinski definition) is 20. The lowest BCUT2D eigenvalue weighted by atomic mass is 10.1. The lowest BCUT2D eigenvalue weighted by Crippen LogP contribution is -2.57. The number of carbonyl (C=O) groups is 3. The molecule has 2 amide bonds. The summed E-state index contributed by atoms with van der Waals surface area (Å²) in [7, 11) is -3.64. The fourth-order valence-electron chi connectivity index (χ4n) is 9.08. The second-order valence-electron chi connectivity index (χ2n) is 19.2. The van der Waals surface area contributed by atoms with Crippen LogP contribution in [0.2, 0.25) is 0 Å². The summed E-state index contributed by atoms with van der Waals surface area (Å²) >= 11 is 1.35. The molecule has 25 nitrogen and oxygen atoms in total. The van der Waals surface area contributed by atoms with Crippen LogP contribution in [-0.2, 0) is 47.9 Å². The molecular weight excluding hydrogens is 1120 g/mol. The quantitative estimate of drug-likeness (QED) is 0.0450. The summed E-state index contributed by atoms with van der Waals surface area (Å²) in [5.74, 6) is -6.51. The average Bonchev–Trinajstić information content (AvgIpc) is 4.36. The van der Waals surface area contributed by atoms with Crippen molar-refractivity contribution in [3.63, 3.8) is 0 Å². The molecule has 8 atom stereocenters. The van der Waals surface area contributed by atoms with Gasteiger partial charge < -0.3 is 64.5 Å². The smallest absolute Gasteiger partial charge is 0.351 e. The van der Waals surface area contributed by atoms with Gasteiger partial charge >= 0.3 is 19.2 Å². The first kappa shape index (κ1) is 59.6. The van der Waals surface area contributed by atoms with Gasteiger partial charge in [-0.1, -0.05) is 18.2 Å².